The number of carbonyl (C=O) groups is 1. The van der Waals surface area contributed by atoms with Gasteiger partial charge in [0, 0.05) is 21.0 Å². The Balaban J connectivity index is 1.75. The highest BCUT2D eigenvalue weighted by molar-refractivity contribution is 7.91. The summed E-state index contributed by atoms with van der Waals surface area (Å²) in [5.74, 6) is 0.916. The fourth-order valence-electron chi connectivity index (χ4n) is 3.87. The molecule has 2 aromatic heterocycles. The zero-order valence-corrected chi connectivity index (χ0v) is 22.2. The number of nitrogens with two attached hydrogens (primary N) is 1. The normalized spacial score (nSPS) is 11.8. The zero-order chi connectivity index (χ0) is 25.3. The number of halogens is 2. The van der Waals surface area contributed by atoms with Gasteiger partial charge in [-0.1, -0.05) is 79.5 Å². The topological polar surface area (TPSA) is 95.0 Å². The molecule has 0 aliphatic rings. The SMILES string of the molecule is CC(C)Cc1cc(-c2ccc(Cn3c(-c4ccccc4)nc(Cl)c3C=O)c(Cl)c2)c(S(N)(=O)=O)s1. The number of rotatable bonds is 8. The Bertz CT molecular complexity index is 1490. The maximum Gasteiger partial charge on any atom is 0.248 e. The molecule has 2 heterocycles. The zero-order valence-electron chi connectivity index (χ0n) is 19.0. The first kappa shape index (κ1) is 25.6. The summed E-state index contributed by atoms with van der Waals surface area (Å²) in [6, 6.07) is 16.6. The van der Waals surface area contributed by atoms with Gasteiger partial charge in [0.25, 0.3) is 0 Å². The summed E-state index contributed by atoms with van der Waals surface area (Å²) >= 11 is 14.1. The molecule has 0 unspecified atom stereocenters. The van der Waals surface area contributed by atoms with Crippen molar-refractivity contribution < 1.29 is 13.2 Å². The van der Waals surface area contributed by atoms with Crippen molar-refractivity contribution in [1.29, 1.82) is 0 Å². The second kappa shape index (κ2) is 10.2. The molecular weight excluding hydrogens is 525 g/mol. The molecule has 6 nitrogen and oxygen atoms in total. The van der Waals surface area contributed by atoms with Crippen molar-refractivity contribution in [3.8, 4) is 22.5 Å². The number of carbonyl (C=O) groups excluding carboxylic acids is 1. The van der Waals surface area contributed by atoms with Gasteiger partial charge in [0.15, 0.2) is 11.4 Å². The lowest BCUT2D eigenvalue weighted by atomic mass is 10.0. The highest BCUT2D eigenvalue weighted by atomic mass is 35.5. The molecule has 0 aliphatic carbocycles. The van der Waals surface area contributed by atoms with Gasteiger partial charge in [-0.25, -0.2) is 18.5 Å². The van der Waals surface area contributed by atoms with E-state index in [0.29, 0.717) is 34.2 Å². The average Bonchev–Trinajstić information content (AvgIpc) is 3.36. The fraction of sp³-hybridized carbons (Fsp3) is 0.200. The van der Waals surface area contributed by atoms with E-state index in [-0.39, 0.29) is 21.6 Å². The van der Waals surface area contributed by atoms with Crippen molar-refractivity contribution in [2.75, 3.05) is 0 Å². The number of imidazole rings is 1. The van der Waals surface area contributed by atoms with Gasteiger partial charge in [0.1, 0.15) is 15.7 Å². The number of benzene rings is 2. The Morgan fingerprint density at radius 1 is 1.09 bits per heavy atom. The summed E-state index contributed by atoms with van der Waals surface area (Å²) in [4.78, 5) is 17.1. The summed E-state index contributed by atoms with van der Waals surface area (Å²) in [6.07, 6.45) is 1.42. The van der Waals surface area contributed by atoms with Gasteiger partial charge in [0.2, 0.25) is 10.0 Å². The molecule has 0 atom stereocenters. The van der Waals surface area contributed by atoms with Crippen LogP contribution in [0.5, 0.6) is 0 Å². The standard InChI is InChI=1S/C25H23Cl2N3O3S2/c1-15(2)10-19-12-20(25(34-19)35(28,32)33)17-8-9-18(21(26)11-17)13-30-22(14-31)23(27)29-24(30)16-6-4-3-5-7-16/h3-9,11-12,14-15H,10,13H2,1-2H3,(H2,28,32,33). The quantitative estimate of drug-likeness (QED) is 0.262. The van der Waals surface area contributed by atoms with Crippen LogP contribution in [0, 0.1) is 5.92 Å². The smallest absolute Gasteiger partial charge is 0.248 e. The van der Waals surface area contributed by atoms with Crippen molar-refractivity contribution >= 4 is 50.8 Å². The van der Waals surface area contributed by atoms with Crippen LogP contribution in [0.25, 0.3) is 22.5 Å². The number of sulfonamides is 1. The van der Waals surface area contributed by atoms with E-state index in [1.54, 1.807) is 16.7 Å². The van der Waals surface area contributed by atoms with Gasteiger partial charge in [-0.3, -0.25) is 4.79 Å². The lowest BCUT2D eigenvalue weighted by molar-refractivity contribution is 0.111. The Morgan fingerprint density at radius 2 is 1.80 bits per heavy atom. The highest BCUT2D eigenvalue weighted by Gasteiger charge is 2.22. The predicted octanol–water partition coefficient (Wildman–Crippen LogP) is 6.29. The van der Waals surface area contributed by atoms with E-state index in [1.165, 1.54) is 11.3 Å². The lowest BCUT2D eigenvalue weighted by Crippen LogP contribution is -2.11. The number of hydrogen-bond donors (Lipinski definition) is 1. The van der Waals surface area contributed by atoms with Gasteiger partial charge in [-0.15, -0.1) is 11.3 Å². The Kier molecular flexibility index (Phi) is 7.49. The molecule has 0 spiro atoms. The second-order valence-electron chi connectivity index (χ2n) is 8.54. The average molecular weight is 549 g/mol. The maximum absolute atomic E-state index is 12.3. The van der Waals surface area contributed by atoms with Gasteiger partial charge in [0.05, 0.1) is 6.54 Å². The van der Waals surface area contributed by atoms with Gasteiger partial charge in [-0.05, 0) is 35.6 Å². The molecule has 2 N–H and O–H groups in total. The van der Waals surface area contributed by atoms with E-state index in [2.05, 4.69) is 18.8 Å². The number of nitrogens with zero attached hydrogens (tertiary/aromatic N) is 2. The van der Waals surface area contributed by atoms with Crippen molar-refractivity contribution in [2.45, 2.75) is 31.0 Å². The molecule has 10 heteroatoms. The summed E-state index contributed by atoms with van der Waals surface area (Å²) in [6.45, 7) is 4.39. The van der Waals surface area contributed by atoms with E-state index >= 15 is 0 Å². The summed E-state index contributed by atoms with van der Waals surface area (Å²) in [5.41, 5.74) is 2.96. The molecule has 0 fully saturated rings. The minimum absolute atomic E-state index is 0.111. The first-order valence-electron chi connectivity index (χ1n) is 10.8. The predicted molar refractivity (Wildman–Crippen MR) is 142 cm³/mol. The molecule has 0 amide bonds. The van der Waals surface area contributed by atoms with Crippen LogP contribution < -0.4 is 5.14 Å². The van der Waals surface area contributed by atoms with Crippen LogP contribution in [0.2, 0.25) is 10.2 Å². The number of hydrogen-bond acceptors (Lipinski definition) is 5. The molecule has 182 valence electrons. The molecule has 0 bridgehead atoms. The Labute approximate surface area is 218 Å². The summed E-state index contributed by atoms with van der Waals surface area (Å²) < 4.78 is 26.4. The second-order valence-corrected chi connectivity index (χ2v) is 12.2. The summed E-state index contributed by atoms with van der Waals surface area (Å²) in [5, 5.41) is 6.04. The monoisotopic (exact) mass is 547 g/mol. The first-order valence-corrected chi connectivity index (χ1v) is 13.9. The Morgan fingerprint density at radius 3 is 2.40 bits per heavy atom. The van der Waals surface area contributed by atoms with Crippen LogP contribution in [0.3, 0.4) is 0 Å². The van der Waals surface area contributed by atoms with Crippen molar-refractivity contribution in [2.24, 2.45) is 11.1 Å². The maximum atomic E-state index is 12.3. The molecule has 2 aromatic carbocycles. The molecule has 0 aliphatic heterocycles. The fourth-order valence-corrected chi connectivity index (χ4v) is 6.72. The van der Waals surface area contributed by atoms with Crippen LogP contribution in [0.1, 0.15) is 34.8 Å². The lowest BCUT2D eigenvalue weighted by Gasteiger charge is -2.12. The van der Waals surface area contributed by atoms with Gasteiger partial charge < -0.3 is 4.57 Å². The van der Waals surface area contributed by atoms with Crippen LogP contribution in [-0.2, 0) is 23.0 Å². The minimum atomic E-state index is -3.90. The number of primary sulfonamides is 1. The van der Waals surface area contributed by atoms with E-state index in [1.807, 2.05) is 42.5 Å². The van der Waals surface area contributed by atoms with E-state index in [0.717, 1.165) is 22.4 Å². The molecular formula is C25H23Cl2N3O3S2. The Hall–Kier alpha value is -2.49. The minimum Gasteiger partial charge on any atom is -0.316 e. The summed E-state index contributed by atoms with van der Waals surface area (Å²) in [7, 11) is -3.90. The van der Waals surface area contributed by atoms with Crippen molar-refractivity contribution in [3.05, 3.63) is 80.9 Å². The van der Waals surface area contributed by atoms with Gasteiger partial charge in [-0.2, -0.15) is 0 Å². The molecule has 0 saturated carbocycles. The number of thiophene rings is 1. The third-order valence-corrected chi connectivity index (χ3v) is 8.68. The third kappa shape index (κ3) is 5.52. The van der Waals surface area contributed by atoms with Gasteiger partial charge >= 0.3 is 0 Å². The first-order chi connectivity index (χ1) is 16.6. The van der Waals surface area contributed by atoms with Crippen molar-refractivity contribution in [3.63, 3.8) is 0 Å². The van der Waals surface area contributed by atoms with Crippen LogP contribution >= 0.6 is 34.5 Å². The largest absolute Gasteiger partial charge is 0.316 e. The molecule has 4 rings (SSSR count). The molecule has 0 saturated heterocycles. The van der Waals surface area contributed by atoms with Crippen LogP contribution in [-0.4, -0.2) is 24.3 Å². The van der Waals surface area contributed by atoms with Crippen molar-refractivity contribution in [1.82, 2.24) is 9.55 Å². The molecule has 35 heavy (non-hydrogen) atoms. The number of aldehydes is 1. The third-order valence-electron chi connectivity index (χ3n) is 5.41. The van der Waals surface area contributed by atoms with Crippen LogP contribution in [0.4, 0.5) is 0 Å². The molecule has 4 aromatic rings. The van der Waals surface area contributed by atoms with E-state index < -0.39 is 10.0 Å². The number of aromatic nitrogens is 2. The molecule has 0 radical (unpaired) electrons. The van der Waals surface area contributed by atoms with Crippen LogP contribution in [0.15, 0.2) is 58.8 Å². The highest BCUT2D eigenvalue weighted by Crippen LogP contribution is 2.37. The van der Waals surface area contributed by atoms with E-state index in [9.17, 15) is 13.2 Å². The van der Waals surface area contributed by atoms with E-state index in [4.69, 9.17) is 28.3 Å².